The third-order valence-electron chi connectivity index (χ3n) is 4.03. The molecular weight excluding hydrogens is 229 g/mol. The average Bonchev–Trinajstić information content (AvgIpc) is 2.33. The molecule has 1 aliphatic carbocycles. The van der Waals surface area contributed by atoms with Crippen molar-refractivity contribution in [3.05, 3.63) is 35.6 Å². The van der Waals surface area contributed by atoms with Gasteiger partial charge in [0.05, 0.1) is 6.10 Å². The van der Waals surface area contributed by atoms with Crippen LogP contribution in [0.25, 0.3) is 0 Å². The molecule has 100 valence electrons. The maximum absolute atomic E-state index is 13.0. The number of nitrogens with one attached hydrogen (secondary N) is 1. The van der Waals surface area contributed by atoms with Crippen LogP contribution in [-0.2, 0) is 6.54 Å². The van der Waals surface area contributed by atoms with Gasteiger partial charge in [-0.15, -0.1) is 0 Å². The third kappa shape index (κ3) is 3.30. The molecule has 2 unspecified atom stereocenters. The lowest BCUT2D eigenvalue weighted by Crippen LogP contribution is -2.43. The monoisotopic (exact) mass is 251 g/mol. The highest BCUT2D eigenvalue weighted by Gasteiger charge is 2.34. The third-order valence-corrected chi connectivity index (χ3v) is 4.03. The molecular formula is C15H22FNO. The van der Waals surface area contributed by atoms with Crippen molar-refractivity contribution in [1.82, 2.24) is 5.32 Å². The lowest BCUT2D eigenvalue weighted by Gasteiger charge is -2.38. The van der Waals surface area contributed by atoms with E-state index in [1.807, 2.05) is 6.07 Å². The molecule has 2 rings (SSSR count). The molecule has 0 bridgehead atoms. The SMILES string of the molecule is CC1(CNCc2cccc(F)c2)CCCCC1O. The Bertz CT molecular complexity index is 396. The van der Waals surface area contributed by atoms with Gasteiger partial charge in [0.1, 0.15) is 5.82 Å². The lowest BCUT2D eigenvalue weighted by atomic mass is 9.73. The summed E-state index contributed by atoms with van der Waals surface area (Å²) in [6.07, 6.45) is 4.06. The van der Waals surface area contributed by atoms with Gasteiger partial charge in [0.25, 0.3) is 0 Å². The fraction of sp³-hybridized carbons (Fsp3) is 0.600. The molecule has 0 aromatic heterocycles. The summed E-state index contributed by atoms with van der Waals surface area (Å²) >= 11 is 0. The predicted molar refractivity (Wildman–Crippen MR) is 70.7 cm³/mol. The van der Waals surface area contributed by atoms with Crippen LogP contribution in [0.2, 0.25) is 0 Å². The minimum atomic E-state index is -0.216. The van der Waals surface area contributed by atoms with E-state index >= 15 is 0 Å². The van der Waals surface area contributed by atoms with Crippen LogP contribution in [0.4, 0.5) is 4.39 Å². The molecule has 18 heavy (non-hydrogen) atoms. The van der Waals surface area contributed by atoms with E-state index in [0.717, 1.165) is 31.4 Å². The van der Waals surface area contributed by atoms with Crippen LogP contribution in [0.3, 0.4) is 0 Å². The molecule has 1 saturated carbocycles. The Hall–Kier alpha value is -0.930. The summed E-state index contributed by atoms with van der Waals surface area (Å²) in [5.74, 6) is -0.196. The van der Waals surface area contributed by atoms with E-state index in [2.05, 4.69) is 12.2 Å². The first-order chi connectivity index (χ1) is 8.60. The summed E-state index contributed by atoms with van der Waals surface area (Å²) in [6, 6.07) is 6.64. The van der Waals surface area contributed by atoms with E-state index in [4.69, 9.17) is 0 Å². The molecule has 0 radical (unpaired) electrons. The Morgan fingerprint density at radius 2 is 2.28 bits per heavy atom. The van der Waals surface area contributed by atoms with Gasteiger partial charge < -0.3 is 10.4 Å². The number of aliphatic hydroxyl groups is 1. The molecule has 2 nitrogen and oxygen atoms in total. The van der Waals surface area contributed by atoms with E-state index in [1.165, 1.54) is 12.5 Å². The largest absolute Gasteiger partial charge is 0.393 e. The van der Waals surface area contributed by atoms with Crippen LogP contribution in [-0.4, -0.2) is 17.8 Å². The van der Waals surface area contributed by atoms with Crippen molar-refractivity contribution in [1.29, 1.82) is 0 Å². The van der Waals surface area contributed by atoms with Gasteiger partial charge in [-0.05, 0) is 30.5 Å². The molecule has 1 aromatic carbocycles. The summed E-state index contributed by atoms with van der Waals surface area (Å²) in [5.41, 5.74) is 0.912. The van der Waals surface area contributed by atoms with Gasteiger partial charge in [-0.25, -0.2) is 4.39 Å². The second-order valence-electron chi connectivity index (χ2n) is 5.65. The number of halogens is 1. The number of benzene rings is 1. The van der Waals surface area contributed by atoms with E-state index in [1.54, 1.807) is 12.1 Å². The summed E-state index contributed by atoms with van der Waals surface area (Å²) in [6.45, 7) is 3.57. The molecule has 0 aliphatic heterocycles. The molecule has 1 aromatic rings. The van der Waals surface area contributed by atoms with E-state index < -0.39 is 0 Å². The van der Waals surface area contributed by atoms with Crippen molar-refractivity contribution in [3.8, 4) is 0 Å². The van der Waals surface area contributed by atoms with Crippen molar-refractivity contribution in [2.75, 3.05) is 6.54 Å². The zero-order chi connectivity index (χ0) is 13.0. The Morgan fingerprint density at radius 3 is 3.00 bits per heavy atom. The standard InChI is InChI=1S/C15H22FNO/c1-15(8-3-2-7-14(15)18)11-17-10-12-5-4-6-13(16)9-12/h4-6,9,14,17-18H,2-3,7-8,10-11H2,1H3. The van der Waals surface area contributed by atoms with Crippen LogP contribution in [0.15, 0.2) is 24.3 Å². The van der Waals surface area contributed by atoms with Crippen molar-refractivity contribution < 1.29 is 9.50 Å². The van der Waals surface area contributed by atoms with Crippen LogP contribution < -0.4 is 5.32 Å². The first-order valence-corrected chi connectivity index (χ1v) is 6.73. The molecule has 0 heterocycles. The van der Waals surface area contributed by atoms with Crippen molar-refractivity contribution >= 4 is 0 Å². The maximum atomic E-state index is 13.0. The van der Waals surface area contributed by atoms with Crippen LogP contribution in [0, 0.1) is 11.2 Å². The van der Waals surface area contributed by atoms with Crippen LogP contribution in [0.1, 0.15) is 38.2 Å². The average molecular weight is 251 g/mol. The molecule has 3 heteroatoms. The Balaban J connectivity index is 1.84. The van der Waals surface area contributed by atoms with Crippen LogP contribution >= 0.6 is 0 Å². The number of hydrogen-bond donors (Lipinski definition) is 2. The Labute approximate surface area is 108 Å². The summed E-state index contributed by atoms with van der Waals surface area (Å²) in [5, 5.41) is 13.4. The lowest BCUT2D eigenvalue weighted by molar-refractivity contribution is 0.00115. The summed E-state index contributed by atoms with van der Waals surface area (Å²) in [7, 11) is 0. The van der Waals surface area contributed by atoms with Gasteiger partial charge in [0.2, 0.25) is 0 Å². The fourth-order valence-corrected chi connectivity index (χ4v) is 2.73. The smallest absolute Gasteiger partial charge is 0.123 e. The Morgan fingerprint density at radius 1 is 1.44 bits per heavy atom. The van der Waals surface area contributed by atoms with E-state index in [0.29, 0.717) is 6.54 Å². The van der Waals surface area contributed by atoms with Crippen molar-refractivity contribution in [2.24, 2.45) is 5.41 Å². The molecule has 0 saturated heterocycles. The minimum absolute atomic E-state index is 0.0361. The highest BCUT2D eigenvalue weighted by atomic mass is 19.1. The number of rotatable bonds is 4. The van der Waals surface area contributed by atoms with Gasteiger partial charge in [-0.1, -0.05) is 31.9 Å². The van der Waals surface area contributed by atoms with Gasteiger partial charge in [0.15, 0.2) is 0 Å². The molecule has 2 N–H and O–H groups in total. The van der Waals surface area contributed by atoms with Crippen molar-refractivity contribution in [3.63, 3.8) is 0 Å². The first-order valence-electron chi connectivity index (χ1n) is 6.73. The van der Waals surface area contributed by atoms with Gasteiger partial charge in [-0.2, -0.15) is 0 Å². The number of aliphatic hydroxyl groups excluding tert-OH is 1. The molecule has 1 fully saturated rings. The topological polar surface area (TPSA) is 32.3 Å². The highest BCUT2D eigenvalue weighted by Crippen LogP contribution is 2.35. The van der Waals surface area contributed by atoms with Gasteiger partial charge in [-0.3, -0.25) is 0 Å². The molecule has 0 amide bonds. The van der Waals surface area contributed by atoms with E-state index in [9.17, 15) is 9.50 Å². The minimum Gasteiger partial charge on any atom is -0.393 e. The van der Waals surface area contributed by atoms with Gasteiger partial charge in [0, 0.05) is 18.5 Å². The first kappa shape index (κ1) is 13.5. The zero-order valence-electron chi connectivity index (χ0n) is 11.0. The molecule has 0 spiro atoms. The van der Waals surface area contributed by atoms with Crippen LogP contribution in [0.5, 0.6) is 0 Å². The normalized spacial score (nSPS) is 28.3. The van der Waals surface area contributed by atoms with Crippen molar-refractivity contribution in [2.45, 2.75) is 45.3 Å². The zero-order valence-corrected chi connectivity index (χ0v) is 11.0. The Kier molecular flexibility index (Phi) is 4.36. The molecule has 2 atom stereocenters. The second kappa shape index (κ2) is 5.81. The summed E-state index contributed by atoms with van der Waals surface area (Å²) < 4.78 is 13.0. The fourth-order valence-electron chi connectivity index (χ4n) is 2.73. The second-order valence-corrected chi connectivity index (χ2v) is 5.65. The van der Waals surface area contributed by atoms with Gasteiger partial charge >= 0.3 is 0 Å². The van der Waals surface area contributed by atoms with E-state index in [-0.39, 0.29) is 17.3 Å². The predicted octanol–water partition coefficient (Wildman–Crippen LogP) is 2.86. The quantitative estimate of drug-likeness (QED) is 0.862. The highest BCUT2D eigenvalue weighted by molar-refractivity contribution is 5.16. The molecule has 1 aliphatic rings. The summed E-state index contributed by atoms with van der Waals surface area (Å²) in [4.78, 5) is 0. The number of hydrogen-bond acceptors (Lipinski definition) is 2. The maximum Gasteiger partial charge on any atom is 0.123 e.